The van der Waals surface area contributed by atoms with E-state index in [1.807, 2.05) is 0 Å². The zero-order valence-electron chi connectivity index (χ0n) is 11.9. The first-order valence-electron chi connectivity index (χ1n) is 6.95. The molecule has 1 aromatic carbocycles. The molecule has 1 aromatic rings. The molecule has 1 aliphatic rings. The first-order chi connectivity index (χ1) is 9.47. The highest BCUT2D eigenvalue weighted by Crippen LogP contribution is 2.30. The Hall–Kier alpha value is -1.82. The van der Waals surface area contributed by atoms with E-state index in [1.54, 1.807) is 6.07 Å². The molecular weight excluding hydrogens is 258 g/mol. The van der Waals surface area contributed by atoms with Crippen LogP contribution in [-0.2, 0) is 0 Å². The van der Waals surface area contributed by atoms with Crippen LogP contribution in [0.2, 0.25) is 0 Å². The minimum atomic E-state index is -0.467. The molecule has 0 bridgehead atoms. The Morgan fingerprint density at radius 1 is 1.40 bits per heavy atom. The lowest BCUT2D eigenvalue weighted by molar-refractivity contribution is -0.384. The Balaban J connectivity index is 2.03. The van der Waals surface area contributed by atoms with E-state index in [9.17, 15) is 15.2 Å². The van der Waals surface area contributed by atoms with Crippen LogP contribution in [0.15, 0.2) is 18.2 Å². The lowest BCUT2D eigenvalue weighted by atomic mass is 10.0. The molecule has 0 spiro atoms. The number of nitrogens with zero attached hydrogens (tertiary/aromatic N) is 2. The number of piperidine rings is 1. The van der Waals surface area contributed by atoms with Crippen LogP contribution < -0.4 is 5.32 Å². The van der Waals surface area contributed by atoms with Crippen molar-refractivity contribution in [2.24, 2.45) is 0 Å². The molecular formula is C14H21N3O3. The molecule has 0 saturated carbocycles. The predicted molar refractivity (Wildman–Crippen MR) is 78.1 cm³/mol. The van der Waals surface area contributed by atoms with Crippen molar-refractivity contribution in [3.8, 4) is 5.75 Å². The topological polar surface area (TPSA) is 78.6 Å². The van der Waals surface area contributed by atoms with E-state index in [2.05, 4.69) is 24.1 Å². The minimum absolute atomic E-state index is 0.0729. The maximum atomic E-state index is 11.0. The van der Waals surface area contributed by atoms with Gasteiger partial charge in [-0.05, 0) is 38.8 Å². The third kappa shape index (κ3) is 3.39. The third-order valence-electron chi connectivity index (χ3n) is 3.80. The first-order valence-corrected chi connectivity index (χ1v) is 6.95. The number of likely N-dealkylation sites (tertiary alicyclic amines) is 1. The SMILES string of the molecule is CC(C)N1CCC(Nc2ccc(O)cc2[N+](=O)[O-])CC1. The number of benzene rings is 1. The number of phenolic OH excluding ortho intramolecular Hbond substituents is 1. The highest BCUT2D eigenvalue weighted by molar-refractivity contribution is 5.64. The third-order valence-corrected chi connectivity index (χ3v) is 3.80. The molecule has 0 unspecified atom stereocenters. The van der Waals surface area contributed by atoms with Gasteiger partial charge < -0.3 is 15.3 Å². The van der Waals surface area contributed by atoms with Gasteiger partial charge in [-0.1, -0.05) is 0 Å². The maximum Gasteiger partial charge on any atom is 0.296 e. The van der Waals surface area contributed by atoms with Crippen molar-refractivity contribution >= 4 is 11.4 Å². The lowest BCUT2D eigenvalue weighted by Crippen LogP contribution is -2.42. The summed E-state index contributed by atoms with van der Waals surface area (Å²) in [4.78, 5) is 12.9. The standard InChI is InChI=1S/C14H21N3O3/c1-10(2)16-7-5-11(6-8-16)15-13-4-3-12(18)9-14(13)17(19)20/h3-4,9-11,15,18H,5-8H2,1-2H3. The van der Waals surface area contributed by atoms with Gasteiger partial charge in [0.05, 0.1) is 11.0 Å². The summed E-state index contributed by atoms with van der Waals surface area (Å²) in [6.45, 7) is 6.36. The predicted octanol–water partition coefficient (Wildman–Crippen LogP) is 2.59. The van der Waals surface area contributed by atoms with Gasteiger partial charge in [0, 0.05) is 25.2 Å². The van der Waals surface area contributed by atoms with E-state index < -0.39 is 4.92 Å². The van der Waals surface area contributed by atoms with E-state index in [0.29, 0.717) is 11.7 Å². The number of phenols is 1. The van der Waals surface area contributed by atoms with E-state index >= 15 is 0 Å². The monoisotopic (exact) mass is 279 g/mol. The van der Waals surface area contributed by atoms with Gasteiger partial charge in [0.1, 0.15) is 11.4 Å². The summed E-state index contributed by atoms with van der Waals surface area (Å²) < 4.78 is 0. The fourth-order valence-electron chi connectivity index (χ4n) is 2.57. The number of rotatable bonds is 4. The number of nitro benzene ring substituents is 1. The van der Waals surface area contributed by atoms with Crippen molar-refractivity contribution in [1.29, 1.82) is 0 Å². The largest absolute Gasteiger partial charge is 0.508 e. The van der Waals surface area contributed by atoms with Crippen LogP contribution in [-0.4, -0.2) is 40.1 Å². The molecule has 110 valence electrons. The highest BCUT2D eigenvalue weighted by Gasteiger charge is 2.23. The number of anilines is 1. The van der Waals surface area contributed by atoms with Crippen molar-refractivity contribution in [3.05, 3.63) is 28.3 Å². The molecule has 2 N–H and O–H groups in total. The molecule has 0 aliphatic carbocycles. The first kappa shape index (κ1) is 14.6. The summed E-state index contributed by atoms with van der Waals surface area (Å²) in [6, 6.07) is 5.01. The van der Waals surface area contributed by atoms with Crippen LogP contribution in [0.4, 0.5) is 11.4 Å². The van der Waals surface area contributed by atoms with Crippen molar-refractivity contribution in [2.45, 2.75) is 38.8 Å². The Morgan fingerprint density at radius 3 is 2.60 bits per heavy atom. The second-order valence-corrected chi connectivity index (χ2v) is 5.51. The van der Waals surface area contributed by atoms with Crippen LogP contribution in [0, 0.1) is 10.1 Å². The Labute approximate surface area is 118 Å². The summed E-state index contributed by atoms with van der Waals surface area (Å²) in [6.07, 6.45) is 1.94. The molecule has 20 heavy (non-hydrogen) atoms. The Morgan fingerprint density at radius 2 is 2.05 bits per heavy atom. The van der Waals surface area contributed by atoms with Crippen molar-refractivity contribution < 1.29 is 10.0 Å². The Kier molecular flexibility index (Phi) is 4.44. The molecule has 1 fully saturated rings. The van der Waals surface area contributed by atoms with E-state index in [4.69, 9.17) is 0 Å². The smallest absolute Gasteiger partial charge is 0.296 e. The molecule has 6 nitrogen and oxygen atoms in total. The summed E-state index contributed by atoms with van der Waals surface area (Å²) in [5.74, 6) is -0.0862. The molecule has 0 radical (unpaired) electrons. The molecule has 6 heteroatoms. The zero-order chi connectivity index (χ0) is 14.7. The molecule has 0 amide bonds. The van der Waals surface area contributed by atoms with Gasteiger partial charge in [0.2, 0.25) is 0 Å². The summed E-state index contributed by atoms with van der Waals surface area (Å²) in [7, 11) is 0. The van der Waals surface area contributed by atoms with E-state index in [0.717, 1.165) is 25.9 Å². The maximum absolute atomic E-state index is 11.0. The van der Waals surface area contributed by atoms with E-state index in [1.165, 1.54) is 12.1 Å². The number of aromatic hydroxyl groups is 1. The van der Waals surface area contributed by atoms with Gasteiger partial charge >= 0.3 is 0 Å². The second-order valence-electron chi connectivity index (χ2n) is 5.51. The van der Waals surface area contributed by atoms with Crippen LogP contribution in [0.25, 0.3) is 0 Å². The van der Waals surface area contributed by atoms with Gasteiger partial charge in [-0.3, -0.25) is 10.1 Å². The molecule has 0 atom stereocenters. The number of nitro groups is 1. The summed E-state index contributed by atoms with van der Waals surface area (Å²) >= 11 is 0. The van der Waals surface area contributed by atoms with Crippen LogP contribution in [0.3, 0.4) is 0 Å². The van der Waals surface area contributed by atoms with Gasteiger partial charge in [-0.25, -0.2) is 0 Å². The fraction of sp³-hybridized carbons (Fsp3) is 0.571. The highest BCUT2D eigenvalue weighted by atomic mass is 16.6. The van der Waals surface area contributed by atoms with E-state index in [-0.39, 0.29) is 17.5 Å². The lowest BCUT2D eigenvalue weighted by Gasteiger charge is -2.35. The van der Waals surface area contributed by atoms with Gasteiger partial charge in [0.15, 0.2) is 0 Å². The zero-order valence-corrected chi connectivity index (χ0v) is 11.9. The molecule has 2 rings (SSSR count). The Bertz CT molecular complexity index is 483. The normalized spacial score (nSPS) is 17.4. The van der Waals surface area contributed by atoms with Gasteiger partial charge in [-0.2, -0.15) is 0 Å². The number of hydrogen-bond acceptors (Lipinski definition) is 5. The summed E-state index contributed by atoms with van der Waals surface area (Å²) in [5.41, 5.74) is 0.409. The van der Waals surface area contributed by atoms with Gasteiger partial charge in [-0.15, -0.1) is 0 Å². The van der Waals surface area contributed by atoms with Crippen LogP contribution in [0.5, 0.6) is 5.75 Å². The van der Waals surface area contributed by atoms with Gasteiger partial charge in [0.25, 0.3) is 5.69 Å². The van der Waals surface area contributed by atoms with Crippen LogP contribution >= 0.6 is 0 Å². The summed E-state index contributed by atoms with van der Waals surface area (Å²) in [5, 5.41) is 23.6. The molecule has 1 saturated heterocycles. The average molecular weight is 279 g/mol. The second kappa shape index (κ2) is 6.09. The number of hydrogen-bond donors (Lipinski definition) is 2. The fourth-order valence-corrected chi connectivity index (χ4v) is 2.57. The molecule has 1 heterocycles. The quantitative estimate of drug-likeness (QED) is 0.503. The minimum Gasteiger partial charge on any atom is -0.508 e. The van der Waals surface area contributed by atoms with Crippen molar-refractivity contribution in [1.82, 2.24) is 4.90 Å². The van der Waals surface area contributed by atoms with Crippen molar-refractivity contribution in [3.63, 3.8) is 0 Å². The van der Waals surface area contributed by atoms with Crippen LogP contribution in [0.1, 0.15) is 26.7 Å². The van der Waals surface area contributed by atoms with Crippen molar-refractivity contribution in [2.75, 3.05) is 18.4 Å². The average Bonchev–Trinajstić information content (AvgIpc) is 2.41. The molecule has 0 aromatic heterocycles. The number of nitrogens with one attached hydrogen (secondary N) is 1. The molecule has 1 aliphatic heterocycles.